The normalized spacial score (nSPS) is 24.2. The van der Waals surface area contributed by atoms with Gasteiger partial charge in [0, 0.05) is 33.1 Å². The average Bonchev–Trinajstić information content (AvgIpc) is 3.65. The third-order valence-corrected chi connectivity index (χ3v) is 15.1. The van der Waals surface area contributed by atoms with Gasteiger partial charge in [0.15, 0.2) is 11.6 Å². The number of aromatic nitrogens is 3. The first-order chi connectivity index (χ1) is 27.9. The first-order valence-electron chi connectivity index (χ1n) is 21.0. The minimum Gasteiger partial charge on any atom is -0.457 e. The van der Waals surface area contributed by atoms with Gasteiger partial charge >= 0.3 is 0 Å². The van der Waals surface area contributed by atoms with E-state index in [1.807, 2.05) is 0 Å². The number of hydrogen-bond acceptors (Lipinski definition) is 4. The van der Waals surface area contributed by atoms with Crippen molar-refractivity contribution in [2.24, 2.45) is 17.8 Å². The number of para-hydroxylation sites is 2. The Morgan fingerprint density at radius 3 is 1.51 bits per heavy atom. The van der Waals surface area contributed by atoms with Crippen molar-refractivity contribution < 1.29 is 4.74 Å². The maximum absolute atomic E-state index is 6.64. The molecule has 276 valence electrons. The molecule has 4 nitrogen and oxygen atoms in total. The van der Waals surface area contributed by atoms with Crippen LogP contribution in [-0.2, 0) is 16.2 Å². The Kier molecular flexibility index (Phi) is 6.31. The van der Waals surface area contributed by atoms with Crippen LogP contribution in [0.15, 0.2) is 133 Å². The zero-order valence-corrected chi connectivity index (χ0v) is 32.4. The van der Waals surface area contributed by atoms with Gasteiger partial charge in [-0.15, -0.1) is 0 Å². The summed E-state index contributed by atoms with van der Waals surface area (Å²) in [5.41, 5.74) is 14.2. The number of nitrogens with zero attached hydrogens (tertiary/aromatic N) is 3. The average molecular weight is 738 g/mol. The summed E-state index contributed by atoms with van der Waals surface area (Å²) in [6.07, 6.45) is 7.74. The molecule has 0 amide bonds. The van der Waals surface area contributed by atoms with Gasteiger partial charge in [-0.25, -0.2) is 15.0 Å². The predicted octanol–water partition coefficient (Wildman–Crippen LogP) is 12.4. The fraction of sp³-hybridized carbons (Fsp3) is 0.264. The molecule has 1 aliphatic heterocycles. The van der Waals surface area contributed by atoms with E-state index < -0.39 is 5.41 Å². The topological polar surface area (TPSA) is 47.9 Å². The molecule has 2 heterocycles. The maximum Gasteiger partial charge on any atom is 0.163 e. The Morgan fingerprint density at radius 1 is 0.456 bits per heavy atom. The quantitative estimate of drug-likeness (QED) is 0.181. The lowest BCUT2D eigenvalue weighted by Crippen LogP contribution is -2.49. The molecule has 4 fully saturated rings. The van der Waals surface area contributed by atoms with Crippen molar-refractivity contribution in [3.63, 3.8) is 0 Å². The van der Waals surface area contributed by atoms with Gasteiger partial charge in [0.25, 0.3) is 0 Å². The molecule has 0 atom stereocenters. The summed E-state index contributed by atoms with van der Waals surface area (Å²) in [6.45, 7) is 4.71. The Bertz CT molecular complexity index is 2790. The summed E-state index contributed by atoms with van der Waals surface area (Å²) in [4.78, 5) is 16.6. The second kappa shape index (κ2) is 11.2. The molecule has 4 bridgehead atoms. The number of fused-ring (bicyclic) bond motifs is 12. The van der Waals surface area contributed by atoms with Crippen molar-refractivity contribution in [2.45, 2.75) is 68.6 Å². The molecule has 4 heteroatoms. The smallest absolute Gasteiger partial charge is 0.163 e. The summed E-state index contributed by atoms with van der Waals surface area (Å²) < 4.78 is 6.64. The van der Waals surface area contributed by atoms with E-state index in [4.69, 9.17) is 19.7 Å². The fourth-order valence-corrected chi connectivity index (χ4v) is 13.1. The molecular formula is C53H43N3O. The van der Waals surface area contributed by atoms with E-state index in [0.29, 0.717) is 0 Å². The van der Waals surface area contributed by atoms with E-state index in [1.54, 1.807) is 0 Å². The summed E-state index contributed by atoms with van der Waals surface area (Å²) in [6, 6.07) is 48.9. The number of ether oxygens (including phenoxy) is 1. The first kappa shape index (κ1) is 32.2. The highest BCUT2D eigenvalue weighted by Crippen LogP contribution is 2.63. The molecule has 57 heavy (non-hydrogen) atoms. The van der Waals surface area contributed by atoms with Crippen molar-refractivity contribution in [3.05, 3.63) is 173 Å². The van der Waals surface area contributed by atoms with Gasteiger partial charge in [-0.3, -0.25) is 0 Å². The molecule has 0 N–H and O–H groups in total. The van der Waals surface area contributed by atoms with E-state index in [9.17, 15) is 0 Å². The summed E-state index contributed by atoms with van der Waals surface area (Å²) in [7, 11) is 0. The second-order valence-corrected chi connectivity index (χ2v) is 18.6. The van der Waals surface area contributed by atoms with Crippen LogP contribution in [0.2, 0.25) is 0 Å². The van der Waals surface area contributed by atoms with Gasteiger partial charge in [0.2, 0.25) is 0 Å². The fourth-order valence-electron chi connectivity index (χ4n) is 13.1. The Balaban J connectivity index is 1.04. The maximum atomic E-state index is 6.64. The van der Waals surface area contributed by atoms with Crippen molar-refractivity contribution in [3.8, 4) is 56.5 Å². The molecule has 7 aromatic rings. The van der Waals surface area contributed by atoms with Gasteiger partial charge in [-0.05, 0) is 125 Å². The van der Waals surface area contributed by atoms with Crippen molar-refractivity contribution >= 4 is 0 Å². The molecule has 1 aromatic heterocycles. The van der Waals surface area contributed by atoms with E-state index in [1.165, 1.54) is 94.2 Å². The van der Waals surface area contributed by atoms with Gasteiger partial charge in [-0.1, -0.05) is 123 Å². The van der Waals surface area contributed by atoms with Gasteiger partial charge in [0.1, 0.15) is 17.3 Å². The molecule has 0 saturated heterocycles. The lowest BCUT2D eigenvalue weighted by molar-refractivity contribution is -0.00938. The Labute approximate surface area is 334 Å². The minimum atomic E-state index is -0.549. The van der Waals surface area contributed by atoms with Crippen LogP contribution in [0, 0.1) is 17.8 Å². The Hall–Kier alpha value is -5.87. The van der Waals surface area contributed by atoms with Crippen molar-refractivity contribution in [1.29, 1.82) is 0 Å². The lowest BCUT2D eigenvalue weighted by Gasteiger charge is -2.56. The predicted molar refractivity (Wildman–Crippen MR) is 225 cm³/mol. The van der Waals surface area contributed by atoms with Crippen LogP contribution < -0.4 is 4.74 Å². The SMILES string of the molecule is CC1(C)c2ccccc2-c2ccc(-c3nc(-c4ccc5c(c4)C4(c6ccccc6Oc6ccccc64)c4ccccc4-5)nc(C45CC6CC(CC(C6)C4)C5)n3)cc21. The highest BCUT2D eigenvalue weighted by Gasteiger charge is 2.54. The Morgan fingerprint density at radius 2 is 0.912 bits per heavy atom. The van der Waals surface area contributed by atoms with E-state index in [2.05, 4.69) is 147 Å². The van der Waals surface area contributed by atoms with Crippen LogP contribution in [0.3, 0.4) is 0 Å². The standard InChI is InChI=1S/C53H43N3O/c1-51(2)40-13-5-3-11-36(40)38-21-19-34(26-44(38)51)48-54-49(56-50(55-48)52-28-31-23-32(29-52)25-33(24-31)30-52)35-20-22-39-37-12-4-6-14-41(37)53(45(39)27-35)42-15-7-9-17-46(42)57-47-18-10-8-16-43(47)53/h3-22,26-27,31-33H,23-25,28-30H2,1-2H3. The minimum absolute atomic E-state index is 0.0141. The molecule has 4 saturated carbocycles. The molecule has 14 rings (SSSR count). The molecular weight excluding hydrogens is 695 g/mol. The van der Waals surface area contributed by atoms with Crippen LogP contribution in [0.5, 0.6) is 11.5 Å². The van der Waals surface area contributed by atoms with Crippen molar-refractivity contribution in [2.75, 3.05) is 0 Å². The monoisotopic (exact) mass is 737 g/mol. The van der Waals surface area contributed by atoms with Gasteiger partial charge in [0.05, 0.1) is 5.41 Å². The summed E-state index contributed by atoms with van der Waals surface area (Å²) >= 11 is 0. The summed E-state index contributed by atoms with van der Waals surface area (Å²) in [5, 5.41) is 0. The second-order valence-electron chi connectivity index (χ2n) is 18.6. The molecule has 6 aromatic carbocycles. The van der Waals surface area contributed by atoms with Crippen LogP contribution in [0.25, 0.3) is 45.0 Å². The van der Waals surface area contributed by atoms with Crippen molar-refractivity contribution in [1.82, 2.24) is 15.0 Å². The van der Waals surface area contributed by atoms with E-state index >= 15 is 0 Å². The molecule has 0 radical (unpaired) electrons. The van der Waals surface area contributed by atoms with Crippen LogP contribution >= 0.6 is 0 Å². The number of hydrogen-bond donors (Lipinski definition) is 0. The lowest BCUT2D eigenvalue weighted by atomic mass is 9.49. The highest BCUT2D eigenvalue weighted by atomic mass is 16.5. The van der Waals surface area contributed by atoms with Crippen LogP contribution in [-0.4, -0.2) is 15.0 Å². The van der Waals surface area contributed by atoms with Gasteiger partial charge < -0.3 is 4.74 Å². The zero-order chi connectivity index (χ0) is 37.7. The first-order valence-corrected chi connectivity index (χ1v) is 21.0. The zero-order valence-electron chi connectivity index (χ0n) is 32.4. The van der Waals surface area contributed by atoms with Crippen LogP contribution in [0.4, 0.5) is 0 Å². The van der Waals surface area contributed by atoms with Crippen LogP contribution in [0.1, 0.15) is 91.6 Å². The molecule has 0 unspecified atom stereocenters. The molecule has 7 aliphatic rings. The highest BCUT2D eigenvalue weighted by molar-refractivity contribution is 5.90. The largest absolute Gasteiger partial charge is 0.457 e. The van der Waals surface area contributed by atoms with E-state index in [-0.39, 0.29) is 10.8 Å². The third-order valence-electron chi connectivity index (χ3n) is 15.1. The molecule has 6 aliphatic carbocycles. The summed E-state index contributed by atoms with van der Waals surface area (Å²) in [5.74, 6) is 6.74. The number of benzene rings is 6. The molecule has 1 spiro atoms. The van der Waals surface area contributed by atoms with E-state index in [0.717, 1.165) is 57.9 Å². The van der Waals surface area contributed by atoms with Gasteiger partial charge in [-0.2, -0.15) is 0 Å². The number of rotatable bonds is 3. The third kappa shape index (κ3) is 4.26.